The molecule has 3 aromatic rings. The lowest BCUT2D eigenvalue weighted by atomic mass is 10.2. The molecule has 172 valence electrons. The highest BCUT2D eigenvalue weighted by atomic mass is 32.1. The number of benzene rings is 1. The molecule has 33 heavy (non-hydrogen) atoms. The Kier molecular flexibility index (Phi) is 7.72. The number of halogens is 2. The fraction of sp³-hybridized carbons (Fsp3) is 0.238. The standard InChI is InChI=1S/C21H18F2N4O5S/c1-11(28)19(29)18-4-3-14(10-24-18)31-15-5-13(6-16(7-15)32-17(8-22)9-23)20(30)26-21-25-12(2)27-33-21/h3-7,10,17H,8-9H2,1-2H3,(H,25,26,27,30). The number of anilines is 1. The van der Waals surface area contributed by atoms with Gasteiger partial charge in [0, 0.05) is 30.1 Å². The van der Waals surface area contributed by atoms with Crippen molar-refractivity contribution in [1.29, 1.82) is 0 Å². The number of nitrogens with one attached hydrogen (secondary N) is 1. The molecule has 0 saturated carbocycles. The van der Waals surface area contributed by atoms with Crippen LogP contribution in [0.5, 0.6) is 17.2 Å². The molecule has 0 radical (unpaired) electrons. The van der Waals surface area contributed by atoms with Gasteiger partial charge in [-0.1, -0.05) is 0 Å². The van der Waals surface area contributed by atoms with Gasteiger partial charge in [-0.3, -0.25) is 19.7 Å². The summed E-state index contributed by atoms with van der Waals surface area (Å²) in [5.74, 6) is -1.18. The maximum Gasteiger partial charge on any atom is 0.257 e. The summed E-state index contributed by atoms with van der Waals surface area (Å²) in [6.45, 7) is 0.674. The summed E-state index contributed by atoms with van der Waals surface area (Å²) >= 11 is 0.993. The number of carbonyl (C=O) groups is 3. The first kappa shape index (κ1) is 23.9. The summed E-state index contributed by atoms with van der Waals surface area (Å²) in [4.78, 5) is 43.5. The number of carbonyl (C=O) groups excluding carboxylic acids is 3. The minimum Gasteiger partial charge on any atom is -0.485 e. The number of aryl methyl sites for hydroxylation is 1. The topological polar surface area (TPSA) is 120 Å². The van der Waals surface area contributed by atoms with Crippen LogP contribution in [0.1, 0.15) is 33.6 Å². The fourth-order valence-electron chi connectivity index (χ4n) is 2.54. The Morgan fingerprint density at radius 3 is 2.39 bits per heavy atom. The molecule has 0 spiro atoms. The molecule has 1 N–H and O–H groups in total. The monoisotopic (exact) mass is 476 g/mol. The van der Waals surface area contributed by atoms with Crippen molar-refractivity contribution in [3.05, 3.63) is 53.6 Å². The third-order valence-corrected chi connectivity index (χ3v) is 4.78. The lowest BCUT2D eigenvalue weighted by molar-refractivity contribution is -0.113. The molecular formula is C21H18F2N4O5S. The van der Waals surface area contributed by atoms with Crippen molar-refractivity contribution in [2.75, 3.05) is 18.7 Å². The van der Waals surface area contributed by atoms with Crippen LogP contribution in [-0.2, 0) is 4.79 Å². The van der Waals surface area contributed by atoms with E-state index in [1.54, 1.807) is 6.92 Å². The Morgan fingerprint density at radius 2 is 1.82 bits per heavy atom. The van der Waals surface area contributed by atoms with E-state index in [1.165, 1.54) is 36.5 Å². The summed E-state index contributed by atoms with van der Waals surface area (Å²) in [6, 6.07) is 6.75. The minimum atomic E-state index is -1.35. The van der Waals surface area contributed by atoms with Crippen LogP contribution in [0, 0.1) is 6.92 Å². The molecule has 3 rings (SSSR count). The van der Waals surface area contributed by atoms with Gasteiger partial charge in [0.25, 0.3) is 5.91 Å². The molecule has 2 heterocycles. The maximum absolute atomic E-state index is 13.0. The lowest BCUT2D eigenvalue weighted by Crippen LogP contribution is -2.21. The number of rotatable bonds is 10. The second-order valence-electron chi connectivity index (χ2n) is 6.71. The average molecular weight is 476 g/mol. The van der Waals surface area contributed by atoms with Crippen molar-refractivity contribution >= 4 is 34.1 Å². The van der Waals surface area contributed by atoms with Crippen LogP contribution >= 0.6 is 11.5 Å². The quantitative estimate of drug-likeness (QED) is 0.347. The molecule has 9 nitrogen and oxygen atoms in total. The molecule has 0 unspecified atom stereocenters. The molecule has 1 aromatic carbocycles. The molecule has 0 saturated heterocycles. The molecular weight excluding hydrogens is 458 g/mol. The van der Waals surface area contributed by atoms with E-state index in [4.69, 9.17) is 9.47 Å². The Bertz CT molecular complexity index is 1170. The van der Waals surface area contributed by atoms with Gasteiger partial charge >= 0.3 is 0 Å². The zero-order valence-electron chi connectivity index (χ0n) is 17.5. The van der Waals surface area contributed by atoms with Crippen molar-refractivity contribution < 1.29 is 32.6 Å². The van der Waals surface area contributed by atoms with Gasteiger partial charge in [-0.25, -0.2) is 18.7 Å². The van der Waals surface area contributed by atoms with E-state index < -0.39 is 36.9 Å². The summed E-state index contributed by atoms with van der Waals surface area (Å²) in [5, 5.41) is 2.84. The second-order valence-corrected chi connectivity index (χ2v) is 7.46. The van der Waals surface area contributed by atoms with Crippen LogP contribution in [-0.4, -0.2) is 51.3 Å². The molecule has 12 heteroatoms. The van der Waals surface area contributed by atoms with Gasteiger partial charge in [0.15, 0.2) is 6.10 Å². The zero-order chi connectivity index (χ0) is 24.0. The van der Waals surface area contributed by atoms with Gasteiger partial charge in [0.1, 0.15) is 42.1 Å². The molecule has 0 bridgehead atoms. The number of ether oxygens (including phenoxy) is 2. The first-order valence-electron chi connectivity index (χ1n) is 9.53. The third kappa shape index (κ3) is 6.35. The van der Waals surface area contributed by atoms with E-state index in [-0.39, 0.29) is 33.6 Å². The third-order valence-electron chi connectivity index (χ3n) is 4.06. The van der Waals surface area contributed by atoms with Crippen LogP contribution in [0.25, 0.3) is 0 Å². The smallest absolute Gasteiger partial charge is 0.257 e. The van der Waals surface area contributed by atoms with E-state index in [9.17, 15) is 23.2 Å². The van der Waals surface area contributed by atoms with Crippen LogP contribution in [0.15, 0.2) is 36.5 Å². The summed E-state index contributed by atoms with van der Waals surface area (Å²) in [5.41, 5.74) is 0.0243. The van der Waals surface area contributed by atoms with Crippen molar-refractivity contribution in [3.63, 3.8) is 0 Å². The second kappa shape index (κ2) is 10.7. The number of amides is 1. The molecule has 0 aliphatic rings. The highest BCUT2D eigenvalue weighted by molar-refractivity contribution is 7.09. The van der Waals surface area contributed by atoms with E-state index >= 15 is 0 Å². The predicted molar refractivity (Wildman–Crippen MR) is 115 cm³/mol. The Morgan fingerprint density at radius 1 is 1.09 bits per heavy atom. The number of hydrogen-bond donors (Lipinski definition) is 1. The first-order valence-corrected chi connectivity index (χ1v) is 10.3. The Labute approximate surface area is 190 Å². The van der Waals surface area contributed by atoms with E-state index in [1.807, 2.05) is 0 Å². The lowest BCUT2D eigenvalue weighted by Gasteiger charge is -2.15. The molecule has 0 atom stereocenters. The molecule has 0 aliphatic heterocycles. The zero-order valence-corrected chi connectivity index (χ0v) is 18.3. The maximum atomic E-state index is 13.0. The van der Waals surface area contributed by atoms with Crippen molar-refractivity contribution in [2.24, 2.45) is 0 Å². The summed E-state index contributed by atoms with van der Waals surface area (Å²) < 4.78 is 40.8. The largest absolute Gasteiger partial charge is 0.485 e. The van der Waals surface area contributed by atoms with Gasteiger partial charge < -0.3 is 9.47 Å². The number of pyridine rings is 1. The highest BCUT2D eigenvalue weighted by Gasteiger charge is 2.17. The van der Waals surface area contributed by atoms with Crippen LogP contribution in [0.3, 0.4) is 0 Å². The molecule has 1 amide bonds. The number of ketones is 2. The normalized spacial score (nSPS) is 10.7. The van der Waals surface area contributed by atoms with Crippen LogP contribution < -0.4 is 14.8 Å². The first-order chi connectivity index (χ1) is 15.8. The minimum absolute atomic E-state index is 0.00253. The predicted octanol–water partition coefficient (Wildman–Crippen LogP) is 3.74. The number of hydrogen-bond acceptors (Lipinski definition) is 9. The van der Waals surface area contributed by atoms with Crippen molar-refractivity contribution in [1.82, 2.24) is 14.3 Å². The molecule has 2 aromatic heterocycles. The summed E-state index contributed by atoms with van der Waals surface area (Å²) in [6.07, 6.45) is -0.125. The summed E-state index contributed by atoms with van der Waals surface area (Å²) in [7, 11) is 0. The fourth-order valence-corrected chi connectivity index (χ4v) is 3.11. The Balaban J connectivity index is 1.87. The van der Waals surface area contributed by atoms with Gasteiger partial charge in [-0.15, -0.1) is 0 Å². The highest BCUT2D eigenvalue weighted by Crippen LogP contribution is 2.29. The van der Waals surface area contributed by atoms with E-state index in [0.29, 0.717) is 5.82 Å². The average Bonchev–Trinajstić information content (AvgIpc) is 3.21. The number of alkyl halides is 2. The van der Waals surface area contributed by atoms with Crippen LogP contribution in [0.2, 0.25) is 0 Å². The number of Topliss-reactive ketones (excluding diaryl/α,β-unsaturated/α-hetero) is 2. The van der Waals surface area contributed by atoms with Crippen molar-refractivity contribution in [2.45, 2.75) is 20.0 Å². The van der Waals surface area contributed by atoms with Gasteiger partial charge in [-0.2, -0.15) is 4.37 Å². The van der Waals surface area contributed by atoms with Gasteiger partial charge in [-0.05, 0) is 31.2 Å². The van der Waals surface area contributed by atoms with Gasteiger partial charge in [0.05, 0.1) is 6.20 Å². The SMILES string of the molecule is CC(=O)C(=O)c1ccc(Oc2cc(OC(CF)CF)cc(C(=O)Nc3nc(C)ns3)c2)cn1. The number of nitrogens with zero attached hydrogens (tertiary/aromatic N) is 3. The van der Waals surface area contributed by atoms with E-state index in [2.05, 4.69) is 19.7 Å². The van der Waals surface area contributed by atoms with Gasteiger partial charge in [0.2, 0.25) is 16.7 Å². The number of aromatic nitrogens is 3. The van der Waals surface area contributed by atoms with Crippen molar-refractivity contribution in [3.8, 4) is 17.2 Å². The van der Waals surface area contributed by atoms with Crippen LogP contribution in [0.4, 0.5) is 13.9 Å². The molecule has 0 aliphatic carbocycles. The Hall–Kier alpha value is -3.80. The van der Waals surface area contributed by atoms with E-state index in [0.717, 1.165) is 18.5 Å². The molecule has 0 fully saturated rings.